The molecule has 1 N–H and O–H groups in total. The average molecular weight is 228 g/mol. The van der Waals surface area contributed by atoms with Gasteiger partial charge in [-0.05, 0) is 30.5 Å². The fourth-order valence-corrected chi connectivity index (χ4v) is 2.38. The van der Waals surface area contributed by atoms with Crippen molar-refractivity contribution in [3.05, 3.63) is 47.5 Å². The number of phenols is 1. The number of benzene rings is 1. The first-order chi connectivity index (χ1) is 8.31. The van der Waals surface area contributed by atoms with Gasteiger partial charge in [-0.3, -0.25) is 0 Å². The molecule has 88 valence electrons. The second-order valence-corrected chi connectivity index (χ2v) is 4.64. The molecule has 1 aliphatic heterocycles. The molecule has 0 fully saturated rings. The molecular formula is C14H16N2O. The van der Waals surface area contributed by atoms with Gasteiger partial charge in [-0.1, -0.05) is 12.1 Å². The van der Waals surface area contributed by atoms with Crippen LogP contribution in [0.1, 0.15) is 29.9 Å². The molecule has 3 nitrogen and oxygen atoms in total. The van der Waals surface area contributed by atoms with Crippen LogP contribution < -0.4 is 0 Å². The molecule has 0 spiro atoms. The summed E-state index contributed by atoms with van der Waals surface area (Å²) in [5.74, 6) is 1.54. The predicted octanol–water partition coefficient (Wildman–Crippen LogP) is 2.52. The second kappa shape index (κ2) is 4.24. The van der Waals surface area contributed by atoms with E-state index in [-0.39, 0.29) is 0 Å². The van der Waals surface area contributed by atoms with Gasteiger partial charge >= 0.3 is 0 Å². The Balaban J connectivity index is 1.80. The summed E-state index contributed by atoms with van der Waals surface area (Å²) in [7, 11) is 0. The molecule has 0 amide bonds. The molecule has 17 heavy (non-hydrogen) atoms. The van der Waals surface area contributed by atoms with Crippen molar-refractivity contribution >= 4 is 0 Å². The van der Waals surface area contributed by atoms with Crippen molar-refractivity contribution in [2.45, 2.75) is 32.2 Å². The van der Waals surface area contributed by atoms with Gasteiger partial charge in [0.05, 0.1) is 5.69 Å². The standard InChI is InChI=1S/C14H16N2O/c17-13-6-4-11(5-7-13)9-12-10-16-8-2-1-3-14(16)15-12/h4-7,10,17H,1-3,8-9H2. The zero-order valence-electron chi connectivity index (χ0n) is 9.76. The number of fused-ring (bicyclic) bond motifs is 1. The van der Waals surface area contributed by atoms with E-state index in [1.54, 1.807) is 12.1 Å². The lowest BCUT2D eigenvalue weighted by molar-refractivity contribution is 0.475. The first kappa shape index (κ1) is 10.4. The maximum Gasteiger partial charge on any atom is 0.115 e. The maximum absolute atomic E-state index is 9.24. The van der Waals surface area contributed by atoms with Crippen molar-refractivity contribution in [3.8, 4) is 5.75 Å². The predicted molar refractivity (Wildman–Crippen MR) is 66.1 cm³/mol. The molecule has 2 heterocycles. The third kappa shape index (κ3) is 2.18. The van der Waals surface area contributed by atoms with Crippen LogP contribution in [0.25, 0.3) is 0 Å². The molecule has 0 saturated carbocycles. The van der Waals surface area contributed by atoms with E-state index in [0.29, 0.717) is 5.75 Å². The molecular weight excluding hydrogens is 212 g/mol. The smallest absolute Gasteiger partial charge is 0.115 e. The molecule has 0 aliphatic carbocycles. The lowest BCUT2D eigenvalue weighted by Gasteiger charge is -2.11. The van der Waals surface area contributed by atoms with Gasteiger partial charge in [0.2, 0.25) is 0 Å². The van der Waals surface area contributed by atoms with E-state index < -0.39 is 0 Å². The third-order valence-electron chi connectivity index (χ3n) is 3.28. The fraction of sp³-hybridized carbons (Fsp3) is 0.357. The second-order valence-electron chi connectivity index (χ2n) is 4.64. The molecule has 0 unspecified atom stereocenters. The van der Waals surface area contributed by atoms with E-state index in [2.05, 4.69) is 15.7 Å². The summed E-state index contributed by atoms with van der Waals surface area (Å²) in [6, 6.07) is 7.36. The van der Waals surface area contributed by atoms with Crippen LogP contribution in [-0.2, 0) is 19.4 Å². The summed E-state index contributed by atoms with van der Waals surface area (Å²) in [6.07, 6.45) is 6.65. The van der Waals surface area contributed by atoms with Gasteiger partial charge in [-0.25, -0.2) is 4.98 Å². The van der Waals surface area contributed by atoms with E-state index in [9.17, 15) is 5.11 Å². The Labute approximate surface area is 101 Å². The highest BCUT2D eigenvalue weighted by molar-refractivity contribution is 5.28. The van der Waals surface area contributed by atoms with Crippen LogP contribution in [0.5, 0.6) is 5.75 Å². The number of aryl methyl sites for hydroxylation is 2. The average Bonchev–Trinajstić information content (AvgIpc) is 2.74. The van der Waals surface area contributed by atoms with Gasteiger partial charge in [-0.2, -0.15) is 0 Å². The lowest BCUT2D eigenvalue weighted by atomic mass is 10.1. The van der Waals surface area contributed by atoms with E-state index in [4.69, 9.17) is 0 Å². The molecule has 0 radical (unpaired) electrons. The Morgan fingerprint density at radius 2 is 2.00 bits per heavy atom. The Kier molecular flexibility index (Phi) is 2.59. The summed E-state index contributed by atoms with van der Waals surface area (Å²) in [5.41, 5.74) is 2.32. The van der Waals surface area contributed by atoms with Gasteiger partial charge in [0.1, 0.15) is 11.6 Å². The van der Waals surface area contributed by atoms with Crippen molar-refractivity contribution in [1.82, 2.24) is 9.55 Å². The van der Waals surface area contributed by atoms with Gasteiger partial charge in [0, 0.05) is 25.6 Å². The lowest BCUT2D eigenvalue weighted by Crippen LogP contribution is -2.08. The topological polar surface area (TPSA) is 38.0 Å². The molecule has 1 aliphatic rings. The van der Waals surface area contributed by atoms with Crippen LogP contribution in [0.3, 0.4) is 0 Å². The fourth-order valence-electron chi connectivity index (χ4n) is 2.38. The Morgan fingerprint density at radius 1 is 1.18 bits per heavy atom. The first-order valence-electron chi connectivity index (χ1n) is 6.14. The van der Waals surface area contributed by atoms with Crippen molar-refractivity contribution in [2.75, 3.05) is 0 Å². The molecule has 0 atom stereocenters. The SMILES string of the molecule is Oc1ccc(Cc2cn3c(n2)CCCC3)cc1. The Bertz CT molecular complexity index is 490. The first-order valence-corrected chi connectivity index (χ1v) is 6.14. The van der Waals surface area contributed by atoms with Crippen LogP contribution in [0.15, 0.2) is 30.5 Å². The summed E-state index contributed by atoms with van der Waals surface area (Å²) in [6.45, 7) is 1.11. The summed E-state index contributed by atoms with van der Waals surface area (Å²) < 4.78 is 2.28. The highest BCUT2D eigenvalue weighted by Gasteiger charge is 2.12. The molecule has 0 saturated heterocycles. The van der Waals surface area contributed by atoms with Gasteiger partial charge in [-0.15, -0.1) is 0 Å². The van der Waals surface area contributed by atoms with Crippen LogP contribution in [0.2, 0.25) is 0 Å². The minimum atomic E-state index is 0.317. The van der Waals surface area contributed by atoms with E-state index >= 15 is 0 Å². The van der Waals surface area contributed by atoms with Crippen LogP contribution in [0.4, 0.5) is 0 Å². The van der Waals surface area contributed by atoms with E-state index in [0.717, 1.165) is 25.1 Å². The highest BCUT2D eigenvalue weighted by atomic mass is 16.3. The minimum absolute atomic E-state index is 0.317. The molecule has 2 aromatic rings. The van der Waals surface area contributed by atoms with E-state index in [1.807, 2.05) is 12.1 Å². The third-order valence-corrected chi connectivity index (χ3v) is 3.28. The van der Waals surface area contributed by atoms with E-state index in [1.165, 1.54) is 24.2 Å². The van der Waals surface area contributed by atoms with Crippen molar-refractivity contribution in [1.29, 1.82) is 0 Å². The van der Waals surface area contributed by atoms with Crippen molar-refractivity contribution in [2.24, 2.45) is 0 Å². The maximum atomic E-state index is 9.24. The minimum Gasteiger partial charge on any atom is -0.508 e. The number of rotatable bonds is 2. The number of phenolic OH excluding ortho intramolecular Hbond substituents is 1. The van der Waals surface area contributed by atoms with Crippen LogP contribution in [-0.4, -0.2) is 14.7 Å². The quantitative estimate of drug-likeness (QED) is 0.857. The zero-order valence-corrected chi connectivity index (χ0v) is 9.76. The number of aromatic nitrogens is 2. The van der Waals surface area contributed by atoms with Gasteiger partial charge in [0.25, 0.3) is 0 Å². The molecule has 1 aromatic carbocycles. The van der Waals surface area contributed by atoms with Crippen LogP contribution in [0, 0.1) is 0 Å². The number of hydrogen-bond acceptors (Lipinski definition) is 2. The Morgan fingerprint density at radius 3 is 2.76 bits per heavy atom. The van der Waals surface area contributed by atoms with Crippen molar-refractivity contribution < 1.29 is 5.11 Å². The molecule has 3 heteroatoms. The molecule has 1 aromatic heterocycles. The number of hydrogen-bond donors (Lipinski definition) is 1. The van der Waals surface area contributed by atoms with Gasteiger partial charge in [0.15, 0.2) is 0 Å². The van der Waals surface area contributed by atoms with Crippen molar-refractivity contribution in [3.63, 3.8) is 0 Å². The summed E-state index contributed by atoms with van der Waals surface area (Å²) >= 11 is 0. The number of imidazole rings is 1. The highest BCUT2D eigenvalue weighted by Crippen LogP contribution is 2.17. The Hall–Kier alpha value is -1.77. The molecule has 0 bridgehead atoms. The monoisotopic (exact) mass is 228 g/mol. The molecule has 3 rings (SSSR count). The largest absolute Gasteiger partial charge is 0.508 e. The number of nitrogens with zero attached hydrogens (tertiary/aromatic N) is 2. The van der Waals surface area contributed by atoms with Gasteiger partial charge < -0.3 is 9.67 Å². The number of aromatic hydroxyl groups is 1. The summed E-state index contributed by atoms with van der Waals surface area (Å²) in [4.78, 5) is 4.67. The van der Waals surface area contributed by atoms with Crippen LogP contribution >= 0.6 is 0 Å². The zero-order chi connectivity index (χ0) is 11.7. The normalized spacial score (nSPS) is 14.6. The summed E-state index contributed by atoms with van der Waals surface area (Å²) in [5, 5.41) is 9.24.